The largest absolute Gasteiger partial charge is 0.374 e. The molecule has 0 spiro atoms. The molecule has 0 saturated heterocycles. The number of hydrogen-bond donors (Lipinski definition) is 1. The highest BCUT2D eigenvalue weighted by Gasteiger charge is 2.41. The lowest BCUT2D eigenvalue weighted by molar-refractivity contribution is -0.150. The van der Waals surface area contributed by atoms with Gasteiger partial charge in [-0.25, -0.2) is 0 Å². The van der Waals surface area contributed by atoms with Gasteiger partial charge in [0, 0.05) is 17.1 Å². The first-order valence-corrected chi connectivity index (χ1v) is 7.68. The lowest BCUT2D eigenvalue weighted by atomic mass is 9.85. The summed E-state index contributed by atoms with van der Waals surface area (Å²) in [4.78, 5) is 0. The van der Waals surface area contributed by atoms with Gasteiger partial charge in [0.15, 0.2) is 0 Å². The fourth-order valence-electron chi connectivity index (χ4n) is 2.33. The van der Waals surface area contributed by atoms with Crippen LogP contribution in [0.1, 0.15) is 25.3 Å². The van der Waals surface area contributed by atoms with Gasteiger partial charge in [-0.1, -0.05) is 35.0 Å². The first kappa shape index (κ1) is 15.0. The summed E-state index contributed by atoms with van der Waals surface area (Å²) in [7, 11) is 1.98. The molecule has 1 saturated carbocycles. The Morgan fingerprint density at radius 1 is 1.37 bits per heavy atom. The summed E-state index contributed by atoms with van der Waals surface area (Å²) in [5.74, 6) is 0. The standard InChI is InChI=1S/C15H22BrNO2/c1-3-7-18-15-13(17-2)9-14(15)19-10-11-5-4-6-12(16)8-11/h4-6,8,13-15,17H,3,7,9-10H2,1-2H3. The molecule has 1 aromatic rings. The summed E-state index contributed by atoms with van der Waals surface area (Å²) >= 11 is 3.48. The molecule has 0 amide bonds. The Morgan fingerprint density at radius 3 is 2.89 bits per heavy atom. The third kappa shape index (κ3) is 4.02. The molecule has 106 valence electrons. The van der Waals surface area contributed by atoms with E-state index in [1.165, 1.54) is 5.56 Å². The second-order valence-electron chi connectivity index (χ2n) is 4.95. The van der Waals surface area contributed by atoms with E-state index in [0.717, 1.165) is 23.9 Å². The van der Waals surface area contributed by atoms with E-state index >= 15 is 0 Å². The molecule has 0 heterocycles. The molecule has 3 nitrogen and oxygen atoms in total. The van der Waals surface area contributed by atoms with Gasteiger partial charge in [0.05, 0.1) is 18.8 Å². The maximum Gasteiger partial charge on any atom is 0.0990 e. The summed E-state index contributed by atoms with van der Waals surface area (Å²) in [5.41, 5.74) is 1.19. The Hall–Kier alpha value is -0.420. The number of halogens is 1. The van der Waals surface area contributed by atoms with Crippen LogP contribution < -0.4 is 5.32 Å². The van der Waals surface area contributed by atoms with Gasteiger partial charge in [-0.3, -0.25) is 0 Å². The predicted octanol–water partition coefficient (Wildman–Crippen LogP) is 3.12. The second-order valence-corrected chi connectivity index (χ2v) is 5.86. The molecule has 0 aromatic heterocycles. The zero-order chi connectivity index (χ0) is 13.7. The molecular weight excluding hydrogens is 306 g/mol. The number of hydrogen-bond acceptors (Lipinski definition) is 3. The van der Waals surface area contributed by atoms with Crippen molar-refractivity contribution in [1.82, 2.24) is 5.32 Å². The first-order valence-electron chi connectivity index (χ1n) is 6.89. The fourth-order valence-corrected chi connectivity index (χ4v) is 2.78. The summed E-state index contributed by atoms with van der Waals surface area (Å²) < 4.78 is 12.9. The third-order valence-electron chi connectivity index (χ3n) is 3.49. The molecule has 3 unspecified atom stereocenters. The first-order chi connectivity index (χ1) is 9.24. The van der Waals surface area contributed by atoms with Crippen molar-refractivity contribution in [2.24, 2.45) is 0 Å². The summed E-state index contributed by atoms with van der Waals surface area (Å²) in [6.07, 6.45) is 2.48. The highest BCUT2D eigenvalue weighted by Crippen LogP contribution is 2.28. The second kappa shape index (κ2) is 7.39. The van der Waals surface area contributed by atoms with Gasteiger partial charge in [-0.05, 0) is 37.6 Å². The van der Waals surface area contributed by atoms with Crippen LogP contribution in [0.3, 0.4) is 0 Å². The van der Waals surface area contributed by atoms with Gasteiger partial charge in [0.25, 0.3) is 0 Å². The van der Waals surface area contributed by atoms with Crippen LogP contribution in [0.25, 0.3) is 0 Å². The van der Waals surface area contributed by atoms with Gasteiger partial charge in [0.1, 0.15) is 0 Å². The molecule has 1 N–H and O–H groups in total. The van der Waals surface area contributed by atoms with Crippen LogP contribution >= 0.6 is 15.9 Å². The van der Waals surface area contributed by atoms with Crippen molar-refractivity contribution in [1.29, 1.82) is 0 Å². The Labute approximate surface area is 123 Å². The molecule has 4 heteroatoms. The van der Waals surface area contributed by atoms with Crippen molar-refractivity contribution >= 4 is 15.9 Å². The highest BCUT2D eigenvalue weighted by molar-refractivity contribution is 9.10. The summed E-state index contributed by atoms with van der Waals surface area (Å²) in [6, 6.07) is 8.66. The molecule has 0 bridgehead atoms. The molecule has 1 fully saturated rings. The molecule has 0 aliphatic heterocycles. The van der Waals surface area contributed by atoms with Crippen LogP contribution in [0.4, 0.5) is 0 Å². The topological polar surface area (TPSA) is 30.5 Å². The molecular formula is C15H22BrNO2. The van der Waals surface area contributed by atoms with E-state index in [0.29, 0.717) is 12.6 Å². The lowest BCUT2D eigenvalue weighted by Crippen LogP contribution is -2.59. The maximum absolute atomic E-state index is 5.97. The van der Waals surface area contributed by atoms with Crippen molar-refractivity contribution in [3.63, 3.8) is 0 Å². The smallest absolute Gasteiger partial charge is 0.0990 e. The van der Waals surface area contributed by atoms with E-state index < -0.39 is 0 Å². The van der Waals surface area contributed by atoms with Crippen LogP contribution in [0, 0.1) is 0 Å². The zero-order valence-electron chi connectivity index (χ0n) is 11.6. The molecule has 0 radical (unpaired) electrons. The molecule has 1 aliphatic carbocycles. The van der Waals surface area contributed by atoms with E-state index in [9.17, 15) is 0 Å². The van der Waals surface area contributed by atoms with Crippen molar-refractivity contribution < 1.29 is 9.47 Å². The minimum Gasteiger partial charge on any atom is -0.374 e. The SMILES string of the molecule is CCCOC1C(NC)CC1OCc1cccc(Br)c1. The van der Waals surface area contributed by atoms with Crippen LogP contribution in [-0.2, 0) is 16.1 Å². The van der Waals surface area contributed by atoms with Crippen LogP contribution in [0.5, 0.6) is 0 Å². The van der Waals surface area contributed by atoms with E-state index in [1.807, 2.05) is 19.2 Å². The zero-order valence-corrected chi connectivity index (χ0v) is 13.2. The number of ether oxygens (including phenoxy) is 2. The summed E-state index contributed by atoms with van der Waals surface area (Å²) in [6.45, 7) is 3.58. The maximum atomic E-state index is 5.97. The normalized spacial score (nSPS) is 26.2. The molecule has 1 aliphatic rings. The molecule has 1 aromatic carbocycles. The van der Waals surface area contributed by atoms with Crippen LogP contribution in [-0.4, -0.2) is 31.9 Å². The van der Waals surface area contributed by atoms with E-state index in [4.69, 9.17) is 9.47 Å². The average Bonchev–Trinajstić information content (AvgIpc) is 2.38. The number of rotatable bonds is 7. The third-order valence-corrected chi connectivity index (χ3v) is 3.98. The molecule has 19 heavy (non-hydrogen) atoms. The van der Waals surface area contributed by atoms with Gasteiger partial charge < -0.3 is 14.8 Å². The van der Waals surface area contributed by atoms with Crippen molar-refractivity contribution in [3.05, 3.63) is 34.3 Å². The number of benzene rings is 1. The lowest BCUT2D eigenvalue weighted by Gasteiger charge is -2.43. The monoisotopic (exact) mass is 327 g/mol. The highest BCUT2D eigenvalue weighted by atomic mass is 79.9. The minimum atomic E-state index is 0.192. The van der Waals surface area contributed by atoms with Gasteiger partial charge in [0.2, 0.25) is 0 Å². The number of nitrogens with one attached hydrogen (secondary N) is 1. The predicted molar refractivity (Wildman–Crippen MR) is 80.2 cm³/mol. The Bertz CT molecular complexity index is 399. The van der Waals surface area contributed by atoms with E-state index in [2.05, 4.69) is 40.3 Å². The fraction of sp³-hybridized carbons (Fsp3) is 0.600. The molecule has 2 rings (SSSR count). The van der Waals surface area contributed by atoms with Crippen molar-refractivity contribution in [3.8, 4) is 0 Å². The minimum absolute atomic E-state index is 0.192. The van der Waals surface area contributed by atoms with Gasteiger partial charge in [-0.15, -0.1) is 0 Å². The summed E-state index contributed by atoms with van der Waals surface area (Å²) in [5, 5.41) is 3.29. The number of likely N-dealkylation sites (N-methyl/N-ethyl adjacent to an activating group) is 1. The van der Waals surface area contributed by atoms with E-state index in [-0.39, 0.29) is 12.2 Å². The Kier molecular flexibility index (Phi) is 5.82. The van der Waals surface area contributed by atoms with Crippen LogP contribution in [0.15, 0.2) is 28.7 Å². The van der Waals surface area contributed by atoms with Crippen molar-refractivity contribution in [2.45, 2.75) is 44.6 Å². The Morgan fingerprint density at radius 2 is 2.21 bits per heavy atom. The van der Waals surface area contributed by atoms with Gasteiger partial charge >= 0.3 is 0 Å². The quantitative estimate of drug-likeness (QED) is 0.834. The van der Waals surface area contributed by atoms with E-state index in [1.54, 1.807) is 0 Å². The van der Waals surface area contributed by atoms with Crippen molar-refractivity contribution in [2.75, 3.05) is 13.7 Å². The molecule has 3 atom stereocenters. The Balaban J connectivity index is 1.82. The van der Waals surface area contributed by atoms with Crippen LogP contribution in [0.2, 0.25) is 0 Å². The average molecular weight is 328 g/mol. The van der Waals surface area contributed by atoms with Gasteiger partial charge in [-0.2, -0.15) is 0 Å².